The van der Waals surface area contributed by atoms with Gasteiger partial charge in [-0.2, -0.15) is 0 Å². The van der Waals surface area contributed by atoms with Gasteiger partial charge in [-0.15, -0.1) is 11.8 Å². The lowest BCUT2D eigenvalue weighted by Gasteiger charge is -2.26. The number of nitrogens with zero attached hydrogens (tertiary/aromatic N) is 1. The molecule has 0 unspecified atom stereocenters. The Morgan fingerprint density at radius 2 is 2.14 bits per heavy atom. The van der Waals surface area contributed by atoms with Crippen molar-refractivity contribution in [1.29, 1.82) is 0 Å². The van der Waals surface area contributed by atoms with Crippen molar-refractivity contribution in [1.82, 2.24) is 10.2 Å². The molecule has 0 aromatic heterocycles. The third-order valence-electron chi connectivity index (χ3n) is 4.29. The number of amides is 2. The van der Waals surface area contributed by atoms with E-state index < -0.39 is 6.10 Å². The lowest BCUT2D eigenvalue weighted by Crippen LogP contribution is -2.46. The van der Waals surface area contributed by atoms with E-state index in [0.29, 0.717) is 24.8 Å². The molecule has 2 amide bonds. The third-order valence-corrected chi connectivity index (χ3v) is 5.41. The van der Waals surface area contributed by atoms with Crippen LogP contribution >= 0.6 is 11.8 Å². The van der Waals surface area contributed by atoms with Gasteiger partial charge in [0.25, 0.3) is 5.91 Å². The van der Waals surface area contributed by atoms with Crippen LogP contribution in [0.25, 0.3) is 0 Å². The van der Waals surface area contributed by atoms with Gasteiger partial charge in [0.05, 0.1) is 6.04 Å². The average Bonchev–Trinajstić information content (AvgIpc) is 3.31. The molecule has 1 aromatic carbocycles. The Kier molecular flexibility index (Phi) is 3.48. The molecule has 4 rings (SSSR count). The van der Waals surface area contributed by atoms with Crippen LogP contribution in [0.15, 0.2) is 29.2 Å². The topological polar surface area (TPSA) is 58.6 Å². The fourth-order valence-corrected chi connectivity index (χ4v) is 3.99. The molecule has 1 aliphatic carbocycles. The predicted octanol–water partition coefficient (Wildman–Crippen LogP) is 1.42. The van der Waals surface area contributed by atoms with Gasteiger partial charge in [-0.05, 0) is 25.0 Å². The Bertz CT molecular complexity index is 617. The summed E-state index contributed by atoms with van der Waals surface area (Å²) in [5, 5.41) is 2.98. The number of fused-ring (bicyclic) bond motifs is 1. The van der Waals surface area contributed by atoms with Gasteiger partial charge >= 0.3 is 0 Å². The zero-order valence-corrected chi connectivity index (χ0v) is 13.0. The Morgan fingerprint density at radius 1 is 1.32 bits per heavy atom. The molecule has 1 saturated carbocycles. The van der Waals surface area contributed by atoms with Crippen molar-refractivity contribution in [3.8, 4) is 5.75 Å². The summed E-state index contributed by atoms with van der Waals surface area (Å²) < 4.78 is 5.79. The molecular formula is C16H18N2O3S. The fraction of sp³-hybridized carbons (Fsp3) is 0.500. The van der Waals surface area contributed by atoms with Crippen molar-refractivity contribution in [3.05, 3.63) is 24.3 Å². The summed E-state index contributed by atoms with van der Waals surface area (Å²) in [4.78, 5) is 27.3. The minimum absolute atomic E-state index is 0.0774. The van der Waals surface area contributed by atoms with Gasteiger partial charge in [0.15, 0.2) is 6.10 Å². The van der Waals surface area contributed by atoms with E-state index in [0.717, 1.165) is 23.5 Å². The summed E-state index contributed by atoms with van der Waals surface area (Å²) in [5.41, 5.74) is 0. The van der Waals surface area contributed by atoms with Crippen LogP contribution < -0.4 is 10.1 Å². The normalized spacial score (nSPS) is 27.3. The molecule has 3 aliphatic rings. The van der Waals surface area contributed by atoms with Crippen molar-refractivity contribution in [2.24, 2.45) is 0 Å². The number of thioether (sulfide) groups is 1. The zero-order valence-electron chi connectivity index (χ0n) is 12.2. The van der Waals surface area contributed by atoms with Gasteiger partial charge in [-0.1, -0.05) is 12.1 Å². The summed E-state index contributed by atoms with van der Waals surface area (Å²) in [6.45, 7) is 0.645. The summed E-state index contributed by atoms with van der Waals surface area (Å²) >= 11 is 1.64. The first-order valence-electron chi connectivity index (χ1n) is 7.69. The fourth-order valence-electron chi connectivity index (χ4n) is 3.01. The maximum Gasteiger partial charge on any atom is 0.262 e. The summed E-state index contributed by atoms with van der Waals surface area (Å²) in [7, 11) is 0. The van der Waals surface area contributed by atoms with Crippen LogP contribution in [-0.2, 0) is 9.59 Å². The van der Waals surface area contributed by atoms with Crippen LogP contribution in [0.1, 0.15) is 19.3 Å². The first-order chi connectivity index (χ1) is 10.7. The molecule has 1 N–H and O–H groups in total. The molecule has 22 heavy (non-hydrogen) atoms. The molecule has 2 atom stereocenters. The van der Waals surface area contributed by atoms with E-state index >= 15 is 0 Å². The summed E-state index contributed by atoms with van der Waals surface area (Å²) in [6, 6.07) is 8.09. The lowest BCUT2D eigenvalue weighted by molar-refractivity contribution is -0.128. The molecule has 2 heterocycles. The second-order valence-corrected chi connectivity index (χ2v) is 7.11. The number of benzene rings is 1. The van der Waals surface area contributed by atoms with Crippen LogP contribution in [0.2, 0.25) is 0 Å². The minimum Gasteiger partial charge on any atom is -0.479 e. The van der Waals surface area contributed by atoms with Crippen molar-refractivity contribution in [2.45, 2.75) is 42.3 Å². The first kappa shape index (κ1) is 13.9. The number of hydrogen-bond donors (Lipinski definition) is 1. The number of nitrogens with one attached hydrogen (secondary N) is 1. The highest BCUT2D eigenvalue weighted by molar-refractivity contribution is 7.99. The summed E-state index contributed by atoms with van der Waals surface area (Å²) in [5.74, 6) is 1.42. The zero-order chi connectivity index (χ0) is 15.1. The van der Waals surface area contributed by atoms with Gasteiger partial charge in [0.1, 0.15) is 5.75 Å². The van der Waals surface area contributed by atoms with E-state index in [1.807, 2.05) is 29.2 Å². The van der Waals surface area contributed by atoms with E-state index in [1.54, 1.807) is 11.8 Å². The SMILES string of the molecule is O=C(N[C@@H]1CC(=O)N(C2CC2)C1)[C@@H]1CSc2ccccc2O1. The maximum absolute atomic E-state index is 12.4. The van der Waals surface area contributed by atoms with Gasteiger partial charge in [0, 0.05) is 29.7 Å². The van der Waals surface area contributed by atoms with E-state index in [1.165, 1.54) is 0 Å². The van der Waals surface area contributed by atoms with Crippen LogP contribution in [0.5, 0.6) is 5.75 Å². The van der Waals surface area contributed by atoms with Crippen LogP contribution in [0, 0.1) is 0 Å². The quantitative estimate of drug-likeness (QED) is 0.916. The molecule has 0 bridgehead atoms. The Morgan fingerprint density at radius 3 is 2.95 bits per heavy atom. The molecule has 0 spiro atoms. The molecule has 6 heteroatoms. The molecule has 116 valence electrons. The van der Waals surface area contributed by atoms with E-state index in [4.69, 9.17) is 4.74 Å². The number of carbonyl (C=O) groups excluding carboxylic acids is 2. The van der Waals surface area contributed by atoms with Gasteiger partial charge in [-0.25, -0.2) is 0 Å². The third kappa shape index (κ3) is 2.67. The smallest absolute Gasteiger partial charge is 0.262 e. The predicted molar refractivity (Wildman–Crippen MR) is 82.9 cm³/mol. The monoisotopic (exact) mass is 318 g/mol. The van der Waals surface area contributed by atoms with Crippen molar-refractivity contribution in [3.63, 3.8) is 0 Å². The molecule has 5 nitrogen and oxygen atoms in total. The first-order valence-corrected chi connectivity index (χ1v) is 8.67. The van der Waals surface area contributed by atoms with Crippen LogP contribution in [0.3, 0.4) is 0 Å². The van der Waals surface area contributed by atoms with E-state index in [-0.39, 0.29) is 17.9 Å². The molecule has 2 aliphatic heterocycles. The second kappa shape index (κ2) is 5.50. The highest BCUT2D eigenvalue weighted by atomic mass is 32.2. The second-order valence-electron chi connectivity index (χ2n) is 6.05. The van der Waals surface area contributed by atoms with Gasteiger partial charge in [-0.3, -0.25) is 9.59 Å². The molecular weight excluding hydrogens is 300 g/mol. The Balaban J connectivity index is 1.36. The van der Waals surface area contributed by atoms with Crippen molar-refractivity contribution >= 4 is 23.6 Å². The van der Waals surface area contributed by atoms with Gasteiger partial charge < -0.3 is 15.0 Å². The number of hydrogen-bond acceptors (Lipinski definition) is 4. The number of likely N-dealkylation sites (tertiary alicyclic amines) is 1. The number of rotatable bonds is 3. The van der Waals surface area contributed by atoms with Crippen molar-refractivity contribution < 1.29 is 14.3 Å². The lowest BCUT2D eigenvalue weighted by atomic mass is 10.2. The van der Waals surface area contributed by atoms with Crippen LogP contribution in [0.4, 0.5) is 0 Å². The maximum atomic E-state index is 12.4. The van der Waals surface area contributed by atoms with E-state index in [9.17, 15) is 9.59 Å². The Hall–Kier alpha value is -1.69. The summed E-state index contributed by atoms with van der Waals surface area (Å²) in [6.07, 6.45) is 2.14. The van der Waals surface area contributed by atoms with Crippen LogP contribution in [-0.4, -0.2) is 47.2 Å². The van der Waals surface area contributed by atoms with E-state index in [2.05, 4.69) is 5.32 Å². The highest BCUT2D eigenvalue weighted by Gasteiger charge is 2.40. The standard InChI is InChI=1S/C16H18N2O3S/c19-15-7-10(8-18(15)11-5-6-11)17-16(20)13-9-22-14-4-2-1-3-12(14)21-13/h1-4,10-11,13H,5-9H2,(H,17,20)/t10-,13+/m1/s1. The van der Waals surface area contributed by atoms with Crippen molar-refractivity contribution in [2.75, 3.05) is 12.3 Å². The average molecular weight is 318 g/mol. The molecule has 1 saturated heterocycles. The number of ether oxygens (including phenoxy) is 1. The number of para-hydroxylation sites is 1. The largest absolute Gasteiger partial charge is 0.479 e. The highest BCUT2D eigenvalue weighted by Crippen LogP contribution is 2.35. The molecule has 1 aromatic rings. The molecule has 2 fully saturated rings. The Labute approximate surface area is 133 Å². The molecule has 0 radical (unpaired) electrons. The minimum atomic E-state index is -0.482. The number of carbonyl (C=O) groups is 2. The van der Waals surface area contributed by atoms with Gasteiger partial charge in [0.2, 0.25) is 5.91 Å².